The van der Waals surface area contributed by atoms with Gasteiger partial charge < -0.3 is 42.4 Å². The van der Waals surface area contributed by atoms with Crippen LogP contribution in [0.2, 0.25) is 0 Å². The number of carbonyl (C=O) groups excluding carboxylic acids is 1. The molecule has 21 heavy (non-hydrogen) atoms. The Morgan fingerprint density at radius 1 is 1.19 bits per heavy atom. The Bertz CT molecular complexity index is 336. The third-order valence-corrected chi connectivity index (χ3v) is 2.32. The fraction of sp³-hybridized carbons (Fsp3) is 0.818. The Morgan fingerprint density at radius 3 is 2.14 bits per heavy atom. The average Bonchev–Trinajstić information content (AvgIpc) is 2.33. The van der Waals surface area contributed by atoms with E-state index < -0.39 is 31.0 Å². The fourth-order valence-corrected chi connectivity index (χ4v) is 1.28. The number of halogens is 1. The van der Waals surface area contributed by atoms with Crippen LogP contribution in [-0.2, 0) is 4.79 Å². The molecule has 0 aromatic heterocycles. The van der Waals surface area contributed by atoms with Gasteiger partial charge in [-0.05, 0) is 0 Å². The Labute approximate surface area is 129 Å². The molecule has 1 amide bonds. The zero-order chi connectivity index (χ0) is 15.9. The number of carbonyl (C=O) groups is 1. The van der Waals surface area contributed by atoms with E-state index in [-0.39, 0.29) is 24.9 Å². The maximum atomic E-state index is 11.4. The molecule has 0 fully saturated rings. The first-order chi connectivity index (χ1) is 9.08. The first-order valence-corrected chi connectivity index (χ1v) is 6.04. The number of rotatable bonds is 8. The zero-order valence-corrected chi connectivity index (χ0v) is 13.0. The first kappa shape index (κ1) is 22.5. The van der Waals surface area contributed by atoms with Gasteiger partial charge in [0.2, 0.25) is 0 Å². The predicted molar refractivity (Wildman–Crippen MR) is 70.6 cm³/mol. The summed E-state index contributed by atoms with van der Waals surface area (Å²) in [6.07, 6.45) is -5.83. The van der Waals surface area contributed by atoms with E-state index in [1.54, 1.807) is 0 Å². The van der Waals surface area contributed by atoms with E-state index >= 15 is 0 Å². The monoisotopic (exact) mass is 329 g/mol. The van der Waals surface area contributed by atoms with Crippen LogP contribution in [0, 0.1) is 0 Å². The second-order valence-electron chi connectivity index (χ2n) is 5.48. The minimum atomic E-state index is -1.74. The van der Waals surface area contributed by atoms with Crippen molar-refractivity contribution >= 4 is 12.1 Å². The Morgan fingerprint density at radius 2 is 1.71 bits per heavy atom. The molecular weight excluding hydrogens is 306 g/mol. The van der Waals surface area contributed by atoms with E-state index in [1.807, 2.05) is 21.1 Å². The summed E-state index contributed by atoms with van der Waals surface area (Å²) in [5.41, 5.74) is 2.16. The highest BCUT2D eigenvalue weighted by Gasteiger charge is 2.29. The maximum Gasteiger partial charge on any atom is 0.295 e. The lowest BCUT2D eigenvalue weighted by atomic mass is 10.0. The number of nitrogens with one attached hydrogen (secondary N) is 1. The first-order valence-electron chi connectivity index (χ1n) is 6.04. The molecule has 0 spiro atoms. The average molecular weight is 330 g/mol. The topological polar surface area (TPSA) is 143 Å². The van der Waals surface area contributed by atoms with Crippen molar-refractivity contribution in [3.8, 4) is 0 Å². The van der Waals surface area contributed by atoms with Gasteiger partial charge in [0.1, 0.15) is 24.4 Å². The summed E-state index contributed by atoms with van der Waals surface area (Å²) >= 11 is 0. The number of hydrogen-bond donors (Lipinski definition) is 6. The standard InChI is InChI=1S/C11H23N3O6.ClH/c1-14(2,3)5-9(18)13-12-4-7(16)10(19)11(20)8(17)6-15;/h4,7-8,10-11,15-17,19-20H,5-6H2,1-3H3;1H/b12-4+;. The van der Waals surface area contributed by atoms with Crippen molar-refractivity contribution in [1.82, 2.24) is 5.43 Å². The van der Waals surface area contributed by atoms with Gasteiger partial charge in [-0.1, -0.05) is 0 Å². The molecular formula is C11H24ClN3O6. The normalized spacial score (nSPS) is 17.7. The van der Waals surface area contributed by atoms with Crippen LogP contribution in [0.4, 0.5) is 0 Å². The Balaban J connectivity index is 0. The maximum absolute atomic E-state index is 11.4. The number of likely N-dealkylation sites (N-methyl/N-ethyl adjacent to an activating group) is 1. The van der Waals surface area contributed by atoms with E-state index in [4.69, 9.17) is 10.2 Å². The molecule has 126 valence electrons. The molecule has 6 N–H and O–H groups in total. The second-order valence-corrected chi connectivity index (χ2v) is 5.48. The van der Waals surface area contributed by atoms with E-state index in [0.29, 0.717) is 4.48 Å². The van der Waals surface area contributed by atoms with Crippen LogP contribution in [0.3, 0.4) is 0 Å². The zero-order valence-electron chi connectivity index (χ0n) is 12.2. The summed E-state index contributed by atoms with van der Waals surface area (Å²) < 4.78 is 0.397. The van der Waals surface area contributed by atoms with Gasteiger partial charge in [-0.15, -0.1) is 0 Å². The minimum absolute atomic E-state index is 0. The van der Waals surface area contributed by atoms with Crippen molar-refractivity contribution in [2.45, 2.75) is 24.4 Å². The second kappa shape index (κ2) is 10.0. The summed E-state index contributed by atoms with van der Waals surface area (Å²) in [6, 6.07) is 0. The largest absolute Gasteiger partial charge is 1.00 e. The molecule has 0 bridgehead atoms. The molecule has 10 heteroatoms. The Kier molecular flexibility index (Phi) is 10.7. The highest BCUT2D eigenvalue weighted by Crippen LogP contribution is 2.03. The van der Waals surface area contributed by atoms with Gasteiger partial charge in [0, 0.05) is 0 Å². The van der Waals surface area contributed by atoms with E-state index in [2.05, 4.69) is 10.5 Å². The van der Waals surface area contributed by atoms with Crippen molar-refractivity contribution in [3.05, 3.63) is 0 Å². The van der Waals surface area contributed by atoms with Crippen LogP contribution < -0.4 is 17.8 Å². The van der Waals surface area contributed by atoms with Gasteiger partial charge in [-0.3, -0.25) is 4.79 Å². The van der Waals surface area contributed by atoms with Crippen LogP contribution in [0.15, 0.2) is 5.10 Å². The molecule has 4 atom stereocenters. The van der Waals surface area contributed by atoms with Crippen molar-refractivity contribution < 1.29 is 47.2 Å². The van der Waals surface area contributed by atoms with Gasteiger partial charge >= 0.3 is 0 Å². The van der Waals surface area contributed by atoms with Gasteiger partial charge in [-0.2, -0.15) is 5.10 Å². The van der Waals surface area contributed by atoms with Crippen LogP contribution in [-0.4, -0.2) is 101 Å². The third-order valence-electron chi connectivity index (χ3n) is 2.32. The molecule has 0 saturated heterocycles. The molecule has 0 aromatic carbocycles. The summed E-state index contributed by atoms with van der Waals surface area (Å²) in [6.45, 7) is -0.593. The molecule has 0 aliphatic carbocycles. The molecule has 0 aliphatic heterocycles. The molecule has 0 radical (unpaired) electrons. The molecule has 0 rings (SSSR count). The number of amides is 1. The van der Waals surface area contributed by atoms with E-state index in [9.17, 15) is 20.1 Å². The lowest BCUT2D eigenvalue weighted by Crippen LogP contribution is -3.00. The van der Waals surface area contributed by atoms with E-state index in [1.165, 1.54) is 0 Å². The summed E-state index contributed by atoms with van der Waals surface area (Å²) in [4.78, 5) is 11.4. The van der Waals surface area contributed by atoms with Crippen LogP contribution in [0.5, 0.6) is 0 Å². The fourth-order valence-electron chi connectivity index (χ4n) is 1.28. The molecule has 4 unspecified atom stereocenters. The summed E-state index contributed by atoms with van der Waals surface area (Å²) in [5, 5.41) is 49.4. The van der Waals surface area contributed by atoms with E-state index in [0.717, 1.165) is 6.21 Å². The number of aliphatic hydroxyl groups is 5. The number of hydrazone groups is 1. The number of hydrogen-bond acceptors (Lipinski definition) is 7. The highest BCUT2D eigenvalue weighted by atomic mass is 35.5. The third kappa shape index (κ3) is 9.69. The van der Waals surface area contributed by atoms with Crippen molar-refractivity contribution in [2.24, 2.45) is 5.10 Å². The lowest BCUT2D eigenvalue weighted by molar-refractivity contribution is -0.862. The number of nitrogens with zero attached hydrogens (tertiary/aromatic N) is 2. The van der Waals surface area contributed by atoms with Crippen LogP contribution in [0.25, 0.3) is 0 Å². The van der Waals surface area contributed by atoms with Gasteiger partial charge in [0.05, 0.1) is 34.0 Å². The molecule has 9 nitrogen and oxygen atoms in total. The molecule has 0 aliphatic rings. The van der Waals surface area contributed by atoms with Gasteiger partial charge in [0.25, 0.3) is 5.91 Å². The van der Waals surface area contributed by atoms with Gasteiger partial charge in [0.15, 0.2) is 6.54 Å². The molecule has 0 saturated carbocycles. The molecule has 0 heterocycles. The summed E-state index contributed by atoms with van der Waals surface area (Å²) in [5.74, 6) is -0.383. The van der Waals surface area contributed by atoms with Gasteiger partial charge in [-0.25, -0.2) is 5.43 Å². The quantitative estimate of drug-likeness (QED) is 0.148. The predicted octanol–water partition coefficient (Wildman–Crippen LogP) is -6.77. The lowest BCUT2D eigenvalue weighted by Gasteiger charge is -2.23. The molecule has 0 aromatic rings. The van der Waals surface area contributed by atoms with Crippen molar-refractivity contribution in [1.29, 1.82) is 0 Å². The summed E-state index contributed by atoms with van der Waals surface area (Å²) in [7, 11) is 5.44. The van der Waals surface area contributed by atoms with Crippen molar-refractivity contribution in [2.75, 3.05) is 34.3 Å². The minimum Gasteiger partial charge on any atom is -1.00 e. The highest BCUT2D eigenvalue weighted by molar-refractivity contribution is 5.78. The Hall–Kier alpha value is -0.810. The SMILES string of the molecule is C[N+](C)(C)CC(=O)N/N=C/C(O)C(O)C(O)C(O)CO.[Cl-]. The van der Waals surface area contributed by atoms with Crippen LogP contribution in [0.1, 0.15) is 0 Å². The van der Waals surface area contributed by atoms with Crippen LogP contribution >= 0.6 is 0 Å². The smallest absolute Gasteiger partial charge is 0.295 e. The number of quaternary nitrogens is 1. The van der Waals surface area contributed by atoms with Crippen molar-refractivity contribution in [3.63, 3.8) is 0 Å². The number of aliphatic hydroxyl groups excluding tert-OH is 5.